The normalized spacial score (nSPS) is 20.0. The molecule has 2 heterocycles. The molecule has 6 nitrogen and oxygen atoms in total. The highest BCUT2D eigenvalue weighted by atomic mass is 16.6. The molecule has 0 spiro atoms. The van der Waals surface area contributed by atoms with E-state index in [2.05, 4.69) is 5.32 Å². The zero-order chi connectivity index (χ0) is 14.1. The molecule has 0 radical (unpaired) electrons. The summed E-state index contributed by atoms with van der Waals surface area (Å²) in [5.74, 6) is 0.00442. The zero-order valence-electron chi connectivity index (χ0n) is 10.8. The number of nitrogens with one attached hydrogen (secondary N) is 1. The van der Waals surface area contributed by atoms with Crippen LogP contribution in [0, 0.1) is 5.92 Å². The molecule has 1 aromatic rings. The summed E-state index contributed by atoms with van der Waals surface area (Å²) in [5.41, 5.74) is 1.69. The molecule has 2 aliphatic rings. The van der Waals surface area contributed by atoms with Gasteiger partial charge < -0.3 is 19.9 Å². The molecule has 3 rings (SSSR count). The first kappa shape index (κ1) is 12.8. The maximum atomic E-state index is 12.0. The second kappa shape index (κ2) is 5.03. The maximum Gasteiger partial charge on any atom is 0.303 e. The van der Waals surface area contributed by atoms with Gasteiger partial charge in [0.2, 0.25) is 5.91 Å². The maximum absolute atomic E-state index is 12.0. The Bertz CT molecular complexity index is 569. The van der Waals surface area contributed by atoms with Crippen LogP contribution in [0.3, 0.4) is 0 Å². The molecule has 2 N–H and O–H groups in total. The number of carbonyl (C=O) groups excluding carboxylic acids is 1. The van der Waals surface area contributed by atoms with Gasteiger partial charge in [0.05, 0.1) is 0 Å². The largest absolute Gasteiger partial charge is 0.486 e. The highest BCUT2D eigenvalue weighted by molar-refractivity contribution is 5.96. The molecule has 20 heavy (non-hydrogen) atoms. The van der Waals surface area contributed by atoms with Crippen LogP contribution in [0.2, 0.25) is 0 Å². The molecule has 6 heteroatoms. The summed E-state index contributed by atoms with van der Waals surface area (Å²) < 4.78 is 11.0. The number of benzene rings is 1. The average Bonchev–Trinajstić information content (AvgIpc) is 2.43. The first-order chi connectivity index (χ1) is 9.63. The van der Waals surface area contributed by atoms with Gasteiger partial charge in [-0.15, -0.1) is 0 Å². The van der Waals surface area contributed by atoms with Crippen molar-refractivity contribution in [3.63, 3.8) is 0 Å². The van der Waals surface area contributed by atoms with Crippen LogP contribution in [-0.4, -0.2) is 30.2 Å². The number of carboxylic acids is 1. The molecule has 1 atom stereocenters. The number of hydrogen-bond acceptors (Lipinski definition) is 4. The lowest BCUT2D eigenvalue weighted by Crippen LogP contribution is -2.30. The van der Waals surface area contributed by atoms with Crippen molar-refractivity contribution in [3.05, 3.63) is 17.7 Å². The van der Waals surface area contributed by atoms with Gasteiger partial charge in [0.15, 0.2) is 11.5 Å². The number of aliphatic carboxylic acids is 1. The summed E-state index contributed by atoms with van der Waals surface area (Å²) >= 11 is 0. The van der Waals surface area contributed by atoms with E-state index >= 15 is 0 Å². The Morgan fingerprint density at radius 1 is 1.30 bits per heavy atom. The number of hydrogen-bond donors (Lipinski definition) is 2. The van der Waals surface area contributed by atoms with Gasteiger partial charge in [0.25, 0.3) is 0 Å². The third kappa shape index (κ3) is 2.41. The summed E-state index contributed by atoms with van der Waals surface area (Å²) in [6, 6.07) is 3.65. The molecule has 106 valence electrons. The predicted octanol–water partition coefficient (Wildman–Crippen LogP) is 1.43. The predicted molar refractivity (Wildman–Crippen MR) is 70.1 cm³/mol. The van der Waals surface area contributed by atoms with E-state index in [0.29, 0.717) is 37.6 Å². The summed E-state index contributed by atoms with van der Waals surface area (Å²) in [7, 11) is 0. The van der Waals surface area contributed by atoms with Crippen molar-refractivity contribution in [3.8, 4) is 11.5 Å². The Hall–Kier alpha value is -2.24. The summed E-state index contributed by atoms with van der Waals surface area (Å²) in [4.78, 5) is 22.6. The highest BCUT2D eigenvalue weighted by Crippen LogP contribution is 2.39. The third-order valence-corrected chi connectivity index (χ3v) is 3.57. The van der Waals surface area contributed by atoms with Crippen molar-refractivity contribution in [1.82, 2.24) is 0 Å². The van der Waals surface area contributed by atoms with Crippen LogP contribution in [0.5, 0.6) is 11.5 Å². The van der Waals surface area contributed by atoms with Crippen molar-refractivity contribution >= 4 is 17.6 Å². The SMILES string of the molecule is O=C(O)CCC1Cc2cc3c(cc2NC1=O)OCCO3. The number of carbonyl (C=O) groups is 2. The molecule has 1 aromatic carbocycles. The van der Waals surface area contributed by atoms with Gasteiger partial charge >= 0.3 is 5.97 Å². The van der Waals surface area contributed by atoms with E-state index in [9.17, 15) is 9.59 Å². The topological polar surface area (TPSA) is 84.9 Å². The minimum Gasteiger partial charge on any atom is -0.486 e. The van der Waals surface area contributed by atoms with Crippen LogP contribution in [0.25, 0.3) is 0 Å². The van der Waals surface area contributed by atoms with Crippen molar-refractivity contribution in [2.75, 3.05) is 18.5 Å². The van der Waals surface area contributed by atoms with Gasteiger partial charge in [0.1, 0.15) is 13.2 Å². The first-order valence-electron chi connectivity index (χ1n) is 6.58. The Morgan fingerprint density at radius 3 is 2.70 bits per heavy atom. The van der Waals surface area contributed by atoms with Gasteiger partial charge in [-0.3, -0.25) is 9.59 Å². The number of amides is 1. The van der Waals surface area contributed by atoms with Gasteiger partial charge in [0, 0.05) is 24.1 Å². The minimum absolute atomic E-state index is 0.00201. The molecule has 0 saturated carbocycles. The second-order valence-electron chi connectivity index (χ2n) is 4.98. The third-order valence-electron chi connectivity index (χ3n) is 3.57. The molecule has 1 amide bonds. The molecule has 0 saturated heterocycles. The lowest BCUT2D eigenvalue weighted by Gasteiger charge is -2.27. The van der Waals surface area contributed by atoms with E-state index in [4.69, 9.17) is 14.6 Å². The molecule has 0 fully saturated rings. The van der Waals surface area contributed by atoms with Crippen LogP contribution in [0.1, 0.15) is 18.4 Å². The standard InChI is InChI=1S/C14H15NO5/c16-13(17)2-1-8-5-9-6-11-12(20-4-3-19-11)7-10(9)15-14(8)18/h6-8H,1-5H2,(H,15,18)(H,16,17). The minimum atomic E-state index is -0.884. The Balaban J connectivity index is 1.82. The quantitative estimate of drug-likeness (QED) is 0.873. The lowest BCUT2D eigenvalue weighted by molar-refractivity contribution is -0.137. The molecular weight excluding hydrogens is 262 g/mol. The number of rotatable bonds is 3. The van der Waals surface area contributed by atoms with Crippen LogP contribution in [0.15, 0.2) is 12.1 Å². The Labute approximate surface area is 115 Å². The van der Waals surface area contributed by atoms with E-state index in [0.717, 1.165) is 11.3 Å². The highest BCUT2D eigenvalue weighted by Gasteiger charge is 2.28. The summed E-state index contributed by atoms with van der Waals surface area (Å²) in [6.45, 7) is 1.02. The number of anilines is 1. The number of carboxylic acid groups (broad SMARTS) is 1. The molecule has 0 bridgehead atoms. The van der Waals surface area contributed by atoms with Gasteiger partial charge in [-0.2, -0.15) is 0 Å². The van der Waals surface area contributed by atoms with E-state index in [-0.39, 0.29) is 18.2 Å². The summed E-state index contributed by atoms with van der Waals surface area (Å²) in [6.07, 6.45) is 0.873. The van der Waals surface area contributed by atoms with Gasteiger partial charge in [-0.25, -0.2) is 0 Å². The van der Waals surface area contributed by atoms with Crippen molar-refractivity contribution in [1.29, 1.82) is 0 Å². The van der Waals surface area contributed by atoms with Gasteiger partial charge in [-0.1, -0.05) is 0 Å². The van der Waals surface area contributed by atoms with E-state index < -0.39 is 5.97 Å². The summed E-state index contributed by atoms with van der Waals surface area (Å²) in [5, 5.41) is 11.5. The van der Waals surface area contributed by atoms with Gasteiger partial charge in [-0.05, 0) is 24.5 Å². The fourth-order valence-corrected chi connectivity index (χ4v) is 2.54. The van der Waals surface area contributed by atoms with Crippen LogP contribution < -0.4 is 14.8 Å². The van der Waals surface area contributed by atoms with E-state index in [1.54, 1.807) is 6.07 Å². The lowest BCUT2D eigenvalue weighted by atomic mass is 9.89. The smallest absolute Gasteiger partial charge is 0.303 e. The van der Waals surface area contributed by atoms with Crippen molar-refractivity contribution < 1.29 is 24.2 Å². The van der Waals surface area contributed by atoms with E-state index in [1.165, 1.54) is 0 Å². The van der Waals surface area contributed by atoms with E-state index in [1.807, 2.05) is 6.07 Å². The van der Waals surface area contributed by atoms with Crippen molar-refractivity contribution in [2.24, 2.45) is 5.92 Å². The molecule has 1 unspecified atom stereocenters. The van der Waals surface area contributed by atoms with Crippen molar-refractivity contribution in [2.45, 2.75) is 19.3 Å². The molecular formula is C14H15NO5. The van der Waals surface area contributed by atoms with Crippen LogP contribution in [-0.2, 0) is 16.0 Å². The molecule has 0 aliphatic carbocycles. The zero-order valence-corrected chi connectivity index (χ0v) is 10.8. The fraction of sp³-hybridized carbons (Fsp3) is 0.429. The number of ether oxygens (including phenoxy) is 2. The van der Waals surface area contributed by atoms with Crippen LogP contribution >= 0.6 is 0 Å². The number of fused-ring (bicyclic) bond motifs is 2. The Morgan fingerprint density at radius 2 is 2.00 bits per heavy atom. The second-order valence-corrected chi connectivity index (χ2v) is 4.98. The molecule has 0 aromatic heterocycles. The first-order valence-corrected chi connectivity index (χ1v) is 6.58. The molecule has 2 aliphatic heterocycles. The fourth-order valence-electron chi connectivity index (χ4n) is 2.54. The van der Waals surface area contributed by atoms with Crippen LogP contribution in [0.4, 0.5) is 5.69 Å². The Kier molecular flexibility index (Phi) is 3.22. The monoisotopic (exact) mass is 277 g/mol. The average molecular weight is 277 g/mol.